The van der Waals surface area contributed by atoms with E-state index in [2.05, 4.69) is 34.5 Å². The molecule has 7 heteroatoms. The van der Waals surface area contributed by atoms with Crippen molar-refractivity contribution in [1.82, 2.24) is 15.7 Å². The van der Waals surface area contributed by atoms with Crippen LogP contribution >= 0.6 is 0 Å². The Labute approximate surface area is 188 Å². The molecule has 0 radical (unpaired) electrons. The topological polar surface area (TPSA) is 90.9 Å². The first kappa shape index (κ1) is 22.0. The highest BCUT2D eigenvalue weighted by atomic mass is 16.5. The number of hydrogen-bond acceptors (Lipinski definition) is 5. The number of amides is 2. The lowest BCUT2D eigenvalue weighted by Crippen LogP contribution is -2.52. The molecule has 2 aliphatic rings. The number of fused-ring (bicyclic) bond motifs is 1. The van der Waals surface area contributed by atoms with Crippen LogP contribution in [0.2, 0.25) is 0 Å². The van der Waals surface area contributed by atoms with Gasteiger partial charge in [-0.3, -0.25) is 19.7 Å². The monoisotopic (exact) mass is 435 g/mol. The number of piperidine rings is 1. The molecule has 2 heterocycles. The van der Waals surface area contributed by atoms with E-state index in [1.807, 2.05) is 24.3 Å². The Morgan fingerprint density at radius 1 is 1.19 bits per heavy atom. The molecule has 3 N–H and O–H groups in total. The Morgan fingerprint density at radius 2 is 1.94 bits per heavy atom. The number of rotatable bonds is 5. The van der Waals surface area contributed by atoms with Gasteiger partial charge in [-0.05, 0) is 42.2 Å². The first-order valence-corrected chi connectivity index (χ1v) is 10.9. The maximum absolute atomic E-state index is 11.9. The van der Waals surface area contributed by atoms with Crippen molar-refractivity contribution >= 4 is 17.9 Å². The van der Waals surface area contributed by atoms with E-state index in [0.717, 1.165) is 49.4 Å². The molecule has 4 rings (SSSR count). The molecule has 7 nitrogen and oxygen atoms in total. The zero-order chi connectivity index (χ0) is 22.6. The first-order chi connectivity index (χ1) is 15.5. The number of hydroxylamine groups is 1. The summed E-state index contributed by atoms with van der Waals surface area (Å²) in [5.41, 5.74) is 4.28. The first-order valence-electron chi connectivity index (χ1n) is 10.9. The number of carbonyl (C=O) groups excluding carboxylic acids is 2. The quantitative estimate of drug-likeness (QED) is 0.381. The van der Waals surface area contributed by atoms with Crippen molar-refractivity contribution in [3.05, 3.63) is 71.3 Å². The average molecular weight is 436 g/mol. The van der Waals surface area contributed by atoms with Gasteiger partial charge in [-0.25, -0.2) is 5.48 Å². The second-order valence-electron chi connectivity index (χ2n) is 8.61. The smallest absolute Gasteiger partial charge is 0.267 e. The van der Waals surface area contributed by atoms with Gasteiger partial charge >= 0.3 is 0 Å². The van der Waals surface area contributed by atoms with Crippen LogP contribution in [-0.4, -0.2) is 40.6 Å². The van der Waals surface area contributed by atoms with E-state index in [1.165, 1.54) is 18.6 Å². The second kappa shape index (κ2) is 9.54. The van der Waals surface area contributed by atoms with Crippen molar-refractivity contribution in [3.8, 4) is 5.75 Å². The van der Waals surface area contributed by atoms with Gasteiger partial charge in [-0.2, -0.15) is 0 Å². The van der Waals surface area contributed by atoms with Crippen LogP contribution < -0.4 is 15.5 Å². The molecule has 1 atom stereocenters. The Kier molecular flexibility index (Phi) is 6.58. The third kappa shape index (κ3) is 5.18. The predicted molar refractivity (Wildman–Crippen MR) is 121 cm³/mol. The standard InChI is InChI=1S/C25H29N3O4/c1-18(29)26-22-16-25(11-13-28(14-12-25)17-20-5-3-2-4-6-20)32-23-9-7-19(15-21(22)23)8-10-24(30)27-31/h2-10,15,22,31H,11-14,16-17H2,1H3,(H,26,29)(H,27,30)/b10-8+. The molecule has 2 aromatic rings. The molecule has 168 valence electrons. The molecule has 0 saturated carbocycles. The van der Waals surface area contributed by atoms with E-state index in [1.54, 1.807) is 11.6 Å². The zero-order valence-corrected chi connectivity index (χ0v) is 18.2. The Morgan fingerprint density at radius 3 is 2.62 bits per heavy atom. The summed E-state index contributed by atoms with van der Waals surface area (Å²) in [6.07, 6.45) is 5.37. The van der Waals surface area contributed by atoms with Crippen LogP contribution in [0.15, 0.2) is 54.6 Å². The summed E-state index contributed by atoms with van der Waals surface area (Å²) >= 11 is 0. The van der Waals surface area contributed by atoms with E-state index in [4.69, 9.17) is 9.94 Å². The largest absolute Gasteiger partial charge is 0.487 e. The summed E-state index contributed by atoms with van der Waals surface area (Å²) in [6.45, 7) is 4.33. The van der Waals surface area contributed by atoms with E-state index in [0.29, 0.717) is 6.42 Å². The van der Waals surface area contributed by atoms with Gasteiger partial charge in [0.25, 0.3) is 5.91 Å². The average Bonchev–Trinajstić information content (AvgIpc) is 2.79. The number of hydrogen-bond donors (Lipinski definition) is 3. The van der Waals surface area contributed by atoms with Crippen molar-refractivity contribution in [2.24, 2.45) is 0 Å². The lowest BCUT2D eigenvalue weighted by molar-refractivity contribution is -0.124. The van der Waals surface area contributed by atoms with Crippen LogP contribution in [0.25, 0.3) is 6.08 Å². The normalized spacial score (nSPS) is 19.9. The maximum Gasteiger partial charge on any atom is 0.267 e. The summed E-state index contributed by atoms with van der Waals surface area (Å²) in [6, 6.07) is 16.0. The minimum absolute atomic E-state index is 0.0832. The lowest BCUT2D eigenvalue weighted by Gasteiger charge is -2.47. The van der Waals surface area contributed by atoms with Crippen LogP contribution in [0.4, 0.5) is 0 Å². The number of nitrogens with zero attached hydrogens (tertiary/aromatic N) is 1. The van der Waals surface area contributed by atoms with Crippen LogP contribution in [-0.2, 0) is 16.1 Å². The number of nitrogens with one attached hydrogen (secondary N) is 2. The summed E-state index contributed by atoms with van der Waals surface area (Å²) in [7, 11) is 0. The van der Waals surface area contributed by atoms with E-state index >= 15 is 0 Å². The fourth-order valence-electron chi connectivity index (χ4n) is 4.64. The molecule has 1 fully saturated rings. The summed E-state index contributed by atoms with van der Waals surface area (Å²) < 4.78 is 6.55. The molecule has 1 saturated heterocycles. The van der Waals surface area contributed by atoms with E-state index in [-0.39, 0.29) is 17.6 Å². The molecular weight excluding hydrogens is 406 g/mol. The summed E-state index contributed by atoms with van der Waals surface area (Å²) in [5, 5.41) is 11.8. The maximum atomic E-state index is 11.9. The predicted octanol–water partition coefficient (Wildman–Crippen LogP) is 3.20. The summed E-state index contributed by atoms with van der Waals surface area (Å²) in [5.74, 6) is 0.0917. The van der Waals surface area contributed by atoms with Crippen molar-refractivity contribution in [1.29, 1.82) is 0 Å². The Bertz CT molecular complexity index is 998. The molecule has 32 heavy (non-hydrogen) atoms. The summed E-state index contributed by atoms with van der Waals surface area (Å²) in [4.78, 5) is 25.7. The Hall–Kier alpha value is -3.16. The number of benzene rings is 2. The minimum atomic E-state index is -0.599. The highest BCUT2D eigenvalue weighted by molar-refractivity contribution is 5.90. The molecule has 1 spiro atoms. The van der Waals surface area contributed by atoms with Crippen molar-refractivity contribution in [2.75, 3.05) is 13.1 Å². The molecule has 0 bridgehead atoms. The number of likely N-dealkylation sites (tertiary alicyclic amines) is 1. The Balaban J connectivity index is 1.50. The van der Waals surface area contributed by atoms with Crippen molar-refractivity contribution < 1.29 is 19.5 Å². The van der Waals surface area contributed by atoms with Crippen LogP contribution in [0.5, 0.6) is 5.75 Å². The van der Waals surface area contributed by atoms with Crippen LogP contribution in [0.1, 0.15) is 48.9 Å². The lowest BCUT2D eigenvalue weighted by atomic mass is 9.80. The van der Waals surface area contributed by atoms with Gasteiger partial charge in [0.1, 0.15) is 11.4 Å². The van der Waals surface area contributed by atoms with E-state index in [9.17, 15) is 9.59 Å². The minimum Gasteiger partial charge on any atom is -0.487 e. The van der Waals surface area contributed by atoms with E-state index < -0.39 is 5.91 Å². The van der Waals surface area contributed by atoms with Gasteiger partial charge in [-0.15, -0.1) is 0 Å². The molecular formula is C25H29N3O4. The highest BCUT2D eigenvalue weighted by Crippen LogP contribution is 2.44. The molecule has 2 amide bonds. The van der Waals surface area contributed by atoms with Crippen LogP contribution in [0, 0.1) is 0 Å². The third-order valence-electron chi connectivity index (χ3n) is 6.24. The fourth-order valence-corrected chi connectivity index (χ4v) is 4.64. The highest BCUT2D eigenvalue weighted by Gasteiger charge is 2.43. The fraction of sp³-hybridized carbons (Fsp3) is 0.360. The zero-order valence-electron chi connectivity index (χ0n) is 18.2. The van der Waals surface area contributed by atoms with Gasteiger partial charge in [-0.1, -0.05) is 36.4 Å². The van der Waals surface area contributed by atoms with Gasteiger partial charge in [0.15, 0.2) is 0 Å². The second-order valence-corrected chi connectivity index (χ2v) is 8.61. The van der Waals surface area contributed by atoms with Crippen LogP contribution in [0.3, 0.4) is 0 Å². The van der Waals surface area contributed by atoms with Gasteiger partial charge in [0, 0.05) is 44.6 Å². The van der Waals surface area contributed by atoms with Crippen molar-refractivity contribution in [2.45, 2.75) is 44.4 Å². The van der Waals surface area contributed by atoms with Crippen molar-refractivity contribution in [3.63, 3.8) is 0 Å². The molecule has 2 aliphatic heterocycles. The third-order valence-corrected chi connectivity index (χ3v) is 6.24. The molecule has 0 aromatic heterocycles. The molecule has 0 aliphatic carbocycles. The SMILES string of the molecule is CC(=O)NC1CC2(CCN(Cc3ccccc3)CC2)Oc2ccc(/C=C/C(=O)NO)cc21. The molecule has 2 aromatic carbocycles. The number of ether oxygens (including phenoxy) is 1. The molecule has 1 unspecified atom stereocenters. The number of carbonyl (C=O) groups is 2. The van der Waals surface area contributed by atoms with Gasteiger partial charge < -0.3 is 10.1 Å². The van der Waals surface area contributed by atoms with Gasteiger partial charge in [0.2, 0.25) is 5.91 Å². The van der Waals surface area contributed by atoms with Gasteiger partial charge in [0.05, 0.1) is 6.04 Å².